The van der Waals surface area contributed by atoms with Crippen LogP contribution in [0.1, 0.15) is 18.4 Å². The molecule has 3 heteroatoms. The summed E-state index contributed by atoms with van der Waals surface area (Å²) in [7, 11) is 1.65. The van der Waals surface area contributed by atoms with Crippen molar-refractivity contribution in [2.24, 2.45) is 0 Å². The van der Waals surface area contributed by atoms with Gasteiger partial charge in [0.25, 0.3) is 0 Å². The first-order chi connectivity index (χ1) is 8.36. The second kappa shape index (κ2) is 8.53. The fourth-order valence-corrected chi connectivity index (χ4v) is 1.37. The lowest BCUT2D eigenvalue weighted by Gasteiger charge is -2.04. The molecular weight excluding hydrogens is 216 g/mol. The van der Waals surface area contributed by atoms with Crippen LogP contribution in [-0.2, 0) is 16.1 Å². The Morgan fingerprint density at radius 1 is 1.24 bits per heavy atom. The minimum atomic E-state index is 0.612. The van der Waals surface area contributed by atoms with E-state index >= 15 is 0 Å². The van der Waals surface area contributed by atoms with Crippen LogP contribution in [0.15, 0.2) is 36.4 Å². The van der Waals surface area contributed by atoms with E-state index in [9.17, 15) is 4.79 Å². The van der Waals surface area contributed by atoms with Crippen LogP contribution in [0.5, 0.6) is 5.75 Å². The maximum absolute atomic E-state index is 10.0. The van der Waals surface area contributed by atoms with Gasteiger partial charge in [-0.2, -0.15) is 0 Å². The molecule has 0 radical (unpaired) electrons. The Balaban J connectivity index is 2.13. The summed E-state index contributed by atoms with van der Waals surface area (Å²) in [5.74, 6) is 0.854. The molecule has 0 saturated carbocycles. The van der Waals surface area contributed by atoms with Crippen molar-refractivity contribution >= 4 is 6.29 Å². The van der Waals surface area contributed by atoms with Gasteiger partial charge in [0.1, 0.15) is 12.0 Å². The van der Waals surface area contributed by atoms with Crippen LogP contribution < -0.4 is 4.74 Å². The highest BCUT2D eigenvalue weighted by Gasteiger charge is 1.94. The molecule has 0 aliphatic rings. The smallest absolute Gasteiger partial charge is 0.142 e. The van der Waals surface area contributed by atoms with Crippen LogP contribution in [0.4, 0.5) is 0 Å². The zero-order valence-electron chi connectivity index (χ0n) is 10.1. The summed E-state index contributed by atoms with van der Waals surface area (Å²) in [6, 6.07) is 7.83. The van der Waals surface area contributed by atoms with Crippen LogP contribution in [0.2, 0.25) is 0 Å². The molecule has 1 aromatic carbocycles. The minimum absolute atomic E-state index is 0.612. The molecule has 1 aromatic rings. The second-order valence-electron chi connectivity index (χ2n) is 3.61. The van der Waals surface area contributed by atoms with Gasteiger partial charge in [0, 0.05) is 6.61 Å². The molecule has 3 nitrogen and oxygen atoms in total. The van der Waals surface area contributed by atoms with Gasteiger partial charge in [0.15, 0.2) is 0 Å². The number of allylic oxidation sites excluding steroid dienone is 2. The Labute approximate surface area is 102 Å². The monoisotopic (exact) mass is 234 g/mol. The molecule has 0 bridgehead atoms. The lowest BCUT2D eigenvalue weighted by atomic mass is 10.2. The molecule has 0 heterocycles. The SMILES string of the molecule is COc1ccc(COCCC/C=C/C=O)cc1. The number of unbranched alkanes of at least 4 members (excludes halogenated alkanes) is 1. The minimum Gasteiger partial charge on any atom is -0.497 e. The van der Waals surface area contributed by atoms with Gasteiger partial charge in [-0.25, -0.2) is 0 Å². The molecule has 0 aromatic heterocycles. The molecule has 0 spiro atoms. The lowest BCUT2D eigenvalue weighted by Crippen LogP contribution is -1.95. The summed E-state index contributed by atoms with van der Waals surface area (Å²) in [4.78, 5) is 10.0. The number of carbonyl (C=O) groups excluding carboxylic acids is 1. The molecule has 0 atom stereocenters. The molecule has 0 saturated heterocycles. The third-order valence-corrected chi connectivity index (χ3v) is 2.30. The number of hydrogen-bond acceptors (Lipinski definition) is 3. The van der Waals surface area contributed by atoms with Gasteiger partial charge in [-0.15, -0.1) is 0 Å². The van der Waals surface area contributed by atoms with Crippen LogP contribution >= 0.6 is 0 Å². The van der Waals surface area contributed by atoms with Gasteiger partial charge in [-0.05, 0) is 36.6 Å². The Morgan fingerprint density at radius 3 is 2.65 bits per heavy atom. The number of carbonyl (C=O) groups is 1. The standard InChI is InChI=1S/C14H18O3/c1-16-14-8-6-13(7-9-14)12-17-11-5-3-2-4-10-15/h2,4,6-10H,3,5,11-12H2,1H3/b4-2+. The van der Waals surface area contributed by atoms with E-state index in [4.69, 9.17) is 9.47 Å². The number of methoxy groups -OCH3 is 1. The van der Waals surface area contributed by atoms with E-state index in [0.29, 0.717) is 13.2 Å². The molecule has 0 unspecified atom stereocenters. The average Bonchev–Trinajstić information content (AvgIpc) is 2.38. The van der Waals surface area contributed by atoms with Crippen molar-refractivity contribution in [3.8, 4) is 5.75 Å². The van der Waals surface area contributed by atoms with Gasteiger partial charge in [-0.3, -0.25) is 4.79 Å². The van der Waals surface area contributed by atoms with Crippen molar-refractivity contribution in [3.63, 3.8) is 0 Å². The molecule has 92 valence electrons. The summed E-state index contributed by atoms with van der Waals surface area (Å²) in [5, 5.41) is 0. The largest absolute Gasteiger partial charge is 0.497 e. The Hall–Kier alpha value is -1.61. The number of aldehydes is 1. The molecule has 0 N–H and O–H groups in total. The summed E-state index contributed by atoms with van der Waals surface area (Å²) in [5.41, 5.74) is 1.13. The predicted octanol–water partition coefficient (Wildman–Crippen LogP) is 2.75. The van der Waals surface area contributed by atoms with Gasteiger partial charge in [-0.1, -0.05) is 18.2 Å². The molecule has 0 aliphatic heterocycles. The first-order valence-electron chi connectivity index (χ1n) is 5.68. The highest BCUT2D eigenvalue weighted by atomic mass is 16.5. The number of ether oxygens (including phenoxy) is 2. The van der Waals surface area contributed by atoms with E-state index in [1.807, 2.05) is 30.3 Å². The summed E-state index contributed by atoms with van der Waals surface area (Å²) >= 11 is 0. The van der Waals surface area contributed by atoms with E-state index in [2.05, 4.69) is 0 Å². The van der Waals surface area contributed by atoms with E-state index in [1.54, 1.807) is 7.11 Å². The summed E-state index contributed by atoms with van der Waals surface area (Å²) < 4.78 is 10.6. The van der Waals surface area contributed by atoms with Crippen molar-refractivity contribution in [3.05, 3.63) is 42.0 Å². The third kappa shape index (κ3) is 5.88. The number of rotatable bonds is 8. The number of benzene rings is 1. The second-order valence-corrected chi connectivity index (χ2v) is 3.61. The fraction of sp³-hybridized carbons (Fsp3) is 0.357. The van der Waals surface area contributed by atoms with Crippen LogP contribution in [-0.4, -0.2) is 20.0 Å². The zero-order chi connectivity index (χ0) is 12.3. The maximum Gasteiger partial charge on any atom is 0.142 e. The Bertz CT molecular complexity index is 341. The highest BCUT2D eigenvalue weighted by Crippen LogP contribution is 2.11. The van der Waals surface area contributed by atoms with Crippen molar-refractivity contribution in [2.45, 2.75) is 19.4 Å². The number of hydrogen-bond donors (Lipinski definition) is 0. The fourth-order valence-electron chi connectivity index (χ4n) is 1.37. The first-order valence-corrected chi connectivity index (χ1v) is 5.68. The van der Waals surface area contributed by atoms with Crippen molar-refractivity contribution in [2.75, 3.05) is 13.7 Å². The molecule has 0 amide bonds. The van der Waals surface area contributed by atoms with Crippen LogP contribution in [0.25, 0.3) is 0 Å². The quantitative estimate of drug-likeness (QED) is 0.394. The normalized spacial score (nSPS) is 10.6. The molecule has 1 rings (SSSR count). The van der Waals surface area contributed by atoms with Crippen molar-refractivity contribution in [1.82, 2.24) is 0 Å². The van der Waals surface area contributed by atoms with Gasteiger partial charge >= 0.3 is 0 Å². The first kappa shape index (κ1) is 13.5. The Morgan fingerprint density at radius 2 is 2.00 bits per heavy atom. The highest BCUT2D eigenvalue weighted by molar-refractivity contribution is 5.64. The lowest BCUT2D eigenvalue weighted by molar-refractivity contribution is -0.104. The molecular formula is C14H18O3. The Kier molecular flexibility index (Phi) is 6.75. The van der Waals surface area contributed by atoms with Crippen LogP contribution in [0, 0.1) is 0 Å². The molecule has 0 fully saturated rings. The summed E-state index contributed by atoms with van der Waals surface area (Å²) in [6.45, 7) is 1.32. The van der Waals surface area contributed by atoms with Gasteiger partial charge < -0.3 is 9.47 Å². The van der Waals surface area contributed by atoms with E-state index in [-0.39, 0.29) is 0 Å². The van der Waals surface area contributed by atoms with E-state index in [1.165, 1.54) is 6.08 Å². The van der Waals surface area contributed by atoms with E-state index < -0.39 is 0 Å². The summed E-state index contributed by atoms with van der Waals surface area (Å²) in [6.07, 6.45) is 5.97. The zero-order valence-corrected chi connectivity index (χ0v) is 10.1. The van der Waals surface area contributed by atoms with Gasteiger partial charge in [0.05, 0.1) is 13.7 Å². The van der Waals surface area contributed by atoms with Gasteiger partial charge in [0.2, 0.25) is 0 Å². The average molecular weight is 234 g/mol. The van der Waals surface area contributed by atoms with Crippen molar-refractivity contribution < 1.29 is 14.3 Å². The predicted molar refractivity (Wildman–Crippen MR) is 67.1 cm³/mol. The third-order valence-electron chi connectivity index (χ3n) is 2.30. The molecule has 0 aliphatic carbocycles. The van der Waals surface area contributed by atoms with Crippen LogP contribution in [0.3, 0.4) is 0 Å². The molecule has 17 heavy (non-hydrogen) atoms. The maximum atomic E-state index is 10.0. The van der Waals surface area contributed by atoms with Crippen molar-refractivity contribution in [1.29, 1.82) is 0 Å². The van der Waals surface area contributed by atoms with E-state index in [0.717, 1.165) is 30.4 Å². The topological polar surface area (TPSA) is 35.5 Å².